The van der Waals surface area contributed by atoms with Gasteiger partial charge >= 0.3 is 5.97 Å². The molecule has 35 heavy (non-hydrogen) atoms. The number of hydrogen-bond acceptors (Lipinski definition) is 9. The molecular formula is C20H40N8O5S2. The first-order valence-electron chi connectivity index (χ1n) is 11.3. The number of carbonyl (C=O) groups is 4. The summed E-state index contributed by atoms with van der Waals surface area (Å²) in [5, 5.41) is 17.1. The SMILES string of the molecule is CSCCC(N)C(=O)NC(CS)C(=O)NC(CCCCN)C(=O)NC(CCCN=C(N)N)C(=O)O. The number of nitrogens with one attached hydrogen (secondary N) is 3. The number of carbonyl (C=O) groups excluding carboxylic acids is 3. The molecule has 15 heteroatoms. The van der Waals surface area contributed by atoms with Gasteiger partial charge in [0.2, 0.25) is 17.7 Å². The van der Waals surface area contributed by atoms with E-state index < -0.39 is 47.9 Å². The van der Waals surface area contributed by atoms with Crippen molar-refractivity contribution >= 4 is 54.0 Å². The maximum absolute atomic E-state index is 12.9. The quantitative estimate of drug-likeness (QED) is 0.0370. The summed E-state index contributed by atoms with van der Waals surface area (Å²) in [5.41, 5.74) is 21.9. The van der Waals surface area contributed by atoms with Crippen molar-refractivity contribution in [1.82, 2.24) is 16.0 Å². The fourth-order valence-corrected chi connectivity index (χ4v) is 3.66. The Hall–Kier alpha value is -2.23. The minimum absolute atomic E-state index is 0.0213. The van der Waals surface area contributed by atoms with Crippen LogP contribution in [0.3, 0.4) is 0 Å². The number of amides is 3. The summed E-state index contributed by atoms with van der Waals surface area (Å²) >= 11 is 5.68. The minimum Gasteiger partial charge on any atom is -0.480 e. The molecule has 0 aliphatic rings. The molecule has 202 valence electrons. The summed E-state index contributed by atoms with van der Waals surface area (Å²) in [5.74, 6) is -2.46. The molecule has 0 aromatic carbocycles. The highest BCUT2D eigenvalue weighted by atomic mass is 32.2. The van der Waals surface area contributed by atoms with Crippen molar-refractivity contribution in [1.29, 1.82) is 0 Å². The van der Waals surface area contributed by atoms with Gasteiger partial charge in [-0.2, -0.15) is 24.4 Å². The third kappa shape index (κ3) is 14.7. The Labute approximate surface area is 215 Å². The van der Waals surface area contributed by atoms with Crippen LogP contribution in [0.15, 0.2) is 4.99 Å². The van der Waals surface area contributed by atoms with Crippen molar-refractivity contribution in [2.24, 2.45) is 27.9 Å². The standard InChI is InChI=1S/C20H40N8O5S2/c1-35-10-7-12(22)16(29)28-15(11-34)18(31)26-13(5-2-3-8-21)17(30)27-14(19(32)33)6-4-9-25-20(23)24/h12-15,34H,2-11,21-22H2,1H3,(H,26,31)(H,27,30)(H,28,29)(H,32,33)(H4,23,24,25). The second kappa shape index (κ2) is 19.0. The Morgan fingerprint density at radius 1 is 0.914 bits per heavy atom. The van der Waals surface area contributed by atoms with Gasteiger partial charge in [0.15, 0.2) is 5.96 Å². The molecule has 4 atom stereocenters. The number of carboxylic acids is 1. The highest BCUT2D eigenvalue weighted by molar-refractivity contribution is 7.98. The van der Waals surface area contributed by atoms with Crippen LogP contribution >= 0.6 is 24.4 Å². The van der Waals surface area contributed by atoms with Crippen molar-refractivity contribution in [2.75, 3.05) is 30.9 Å². The van der Waals surface area contributed by atoms with E-state index in [0.29, 0.717) is 38.0 Å². The molecular weight excluding hydrogens is 496 g/mol. The zero-order chi connectivity index (χ0) is 26.8. The Bertz CT molecular complexity index is 709. The van der Waals surface area contributed by atoms with Gasteiger partial charge in [-0.25, -0.2) is 4.79 Å². The number of carboxylic acid groups (broad SMARTS) is 1. The topological polar surface area (TPSA) is 241 Å². The predicted molar refractivity (Wildman–Crippen MR) is 141 cm³/mol. The molecule has 0 bridgehead atoms. The molecule has 0 spiro atoms. The summed E-state index contributed by atoms with van der Waals surface area (Å²) in [6.45, 7) is 0.606. The van der Waals surface area contributed by atoms with Crippen LogP contribution in [-0.2, 0) is 19.2 Å². The average Bonchev–Trinajstić information content (AvgIpc) is 2.81. The lowest BCUT2D eigenvalue weighted by Crippen LogP contribution is -2.57. The van der Waals surface area contributed by atoms with E-state index in [9.17, 15) is 24.3 Å². The van der Waals surface area contributed by atoms with Gasteiger partial charge in [-0.1, -0.05) is 0 Å². The van der Waals surface area contributed by atoms with E-state index in [4.69, 9.17) is 22.9 Å². The second-order valence-corrected chi connectivity index (χ2v) is 9.18. The number of aliphatic carboxylic acids is 1. The van der Waals surface area contributed by atoms with Crippen LogP contribution in [-0.4, -0.2) is 89.8 Å². The normalized spacial score (nSPS) is 14.2. The molecule has 0 aliphatic carbocycles. The number of thioether (sulfide) groups is 1. The van der Waals surface area contributed by atoms with E-state index in [1.165, 1.54) is 0 Å². The van der Waals surface area contributed by atoms with Crippen molar-refractivity contribution in [3.63, 3.8) is 0 Å². The molecule has 13 nitrogen and oxygen atoms in total. The molecule has 3 amide bonds. The number of guanidine groups is 1. The summed E-state index contributed by atoms with van der Waals surface area (Å²) in [6, 6.07) is -4.03. The second-order valence-electron chi connectivity index (χ2n) is 7.83. The first-order chi connectivity index (χ1) is 16.6. The van der Waals surface area contributed by atoms with E-state index in [1.807, 2.05) is 6.26 Å². The van der Waals surface area contributed by atoms with Crippen LogP contribution in [0.5, 0.6) is 0 Å². The minimum atomic E-state index is -1.23. The van der Waals surface area contributed by atoms with Crippen molar-refractivity contribution < 1.29 is 24.3 Å². The number of aliphatic imine (C=N–C) groups is 1. The lowest BCUT2D eigenvalue weighted by Gasteiger charge is -2.24. The highest BCUT2D eigenvalue weighted by Gasteiger charge is 2.29. The third-order valence-electron chi connectivity index (χ3n) is 4.93. The molecule has 0 aromatic rings. The summed E-state index contributed by atoms with van der Waals surface area (Å²) in [7, 11) is 0. The molecule has 0 aliphatic heterocycles. The predicted octanol–water partition coefficient (Wildman–Crippen LogP) is -2.28. The first-order valence-corrected chi connectivity index (χ1v) is 13.3. The molecule has 0 heterocycles. The van der Waals surface area contributed by atoms with E-state index in [0.717, 1.165) is 0 Å². The number of hydrogen-bond donors (Lipinski definition) is 9. The maximum atomic E-state index is 12.9. The Kier molecular flexibility index (Phi) is 17.8. The van der Waals surface area contributed by atoms with E-state index >= 15 is 0 Å². The lowest BCUT2D eigenvalue weighted by molar-refractivity contribution is -0.142. The van der Waals surface area contributed by atoms with Crippen molar-refractivity contribution in [3.8, 4) is 0 Å². The maximum Gasteiger partial charge on any atom is 0.326 e. The van der Waals surface area contributed by atoms with Crippen LogP contribution in [0.2, 0.25) is 0 Å². The molecule has 0 radical (unpaired) electrons. The number of rotatable bonds is 19. The van der Waals surface area contributed by atoms with E-state index in [2.05, 4.69) is 33.6 Å². The van der Waals surface area contributed by atoms with Gasteiger partial charge in [0.1, 0.15) is 18.1 Å². The largest absolute Gasteiger partial charge is 0.480 e. The van der Waals surface area contributed by atoms with Crippen LogP contribution < -0.4 is 38.9 Å². The molecule has 0 saturated carbocycles. The van der Waals surface area contributed by atoms with Crippen molar-refractivity contribution in [2.45, 2.75) is 62.7 Å². The molecule has 0 rings (SSSR count). The molecule has 0 saturated heterocycles. The molecule has 4 unspecified atom stereocenters. The number of unbranched alkanes of at least 4 members (excludes halogenated alkanes) is 1. The van der Waals surface area contributed by atoms with E-state index in [-0.39, 0.29) is 31.1 Å². The Balaban J connectivity index is 5.23. The van der Waals surface area contributed by atoms with Gasteiger partial charge < -0.3 is 44.0 Å². The third-order valence-corrected chi connectivity index (χ3v) is 5.93. The van der Waals surface area contributed by atoms with Crippen molar-refractivity contribution in [3.05, 3.63) is 0 Å². The first kappa shape index (κ1) is 32.8. The van der Waals surface area contributed by atoms with Gasteiger partial charge in [0, 0.05) is 12.3 Å². The van der Waals surface area contributed by atoms with Crippen LogP contribution in [0.25, 0.3) is 0 Å². The fraction of sp³-hybridized carbons (Fsp3) is 0.750. The fourth-order valence-electron chi connectivity index (χ4n) is 2.92. The Morgan fingerprint density at radius 2 is 1.49 bits per heavy atom. The molecule has 12 N–H and O–H groups in total. The Morgan fingerprint density at radius 3 is 2.03 bits per heavy atom. The van der Waals surface area contributed by atoms with Crippen LogP contribution in [0.4, 0.5) is 0 Å². The smallest absolute Gasteiger partial charge is 0.326 e. The van der Waals surface area contributed by atoms with Gasteiger partial charge in [-0.05, 0) is 57.1 Å². The van der Waals surface area contributed by atoms with Gasteiger partial charge in [0.05, 0.1) is 6.04 Å². The number of thiol groups is 1. The zero-order valence-electron chi connectivity index (χ0n) is 20.1. The van der Waals surface area contributed by atoms with Gasteiger partial charge in [-0.15, -0.1) is 0 Å². The zero-order valence-corrected chi connectivity index (χ0v) is 21.8. The molecule has 0 aromatic heterocycles. The monoisotopic (exact) mass is 536 g/mol. The lowest BCUT2D eigenvalue weighted by atomic mass is 10.1. The number of nitrogens with two attached hydrogens (primary N) is 4. The van der Waals surface area contributed by atoms with Crippen LogP contribution in [0.1, 0.15) is 38.5 Å². The average molecular weight is 537 g/mol. The summed E-state index contributed by atoms with van der Waals surface area (Å²) < 4.78 is 0. The van der Waals surface area contributed by atoms with Gasteiger partial charge in [0.25, 0.3) is 0 Å². The highest BCUT2D eigenvalue weighted by Crippen LogP contribution is 2.06. The van der Waals surface area contributed by atoms with Crippen LogP contribution in [0, 0.1) is 0 Å². The van der Waals surface area contributed by atoms with E-state index in [1.54, 1.807) is 11.8 Å². The number of nitrogens with zero attached hydrogens (tertiary/aromatic N) is 1. The molecule has 0 fully saturated rings. The van der Waals surface area contributed by atoms with Gasteiger partial charge in [-0.3, -0.25) is 19.4 Å². The summed E-state index contributed by atoms with van der Waals surface area (Å²) in [4.78, 5) is 53.4. The summed E-state index contributed by atoms with van der Waals surface area (Å²) in [6.07, 6.45) is 4.11.